The third-order valence-corrected chi connectivity index (χ3v) is 3.08. The second-order valence-corrected chi connectivity index (χ2v) is 4.01. The van der Waals surface area contributed by atoms with Crippen LogP contribution in [0.4, 0.5) is 13.2 Å². The lowest BCUT2D eigenvalue weighted by Gasteiger charge is -2.14. The van der Waals surface area contributed by atoms with Crippen LogP contribution in [0.3, 0.4) is 0 Å². The Bertz CT molecular complexity index is 446. The fourth-order valence-corrected chi connectivity index (χ4v) is 2.34. The Hall–Kier alpha value is -0.750. The molecule has 1 aromatic rings. The van der Waals surface area contributed by atoms with Crippen molar-refractivity contribution in [2.45, 2.75) is 11.5 Å². The lowest BCUT2D eigenvalue weighted by molar-refractivity contribution is -0.138. The summed E-state index contributed by atoms with van der Waals surface area (Å²) >= 11 is 8.68. The quantitative estimate of drug-likeness (QED) is 0.604. The van der Waals surface area contributed by atoms with Crippen LogP contribution >= 0.6 is 27.5 Å². The molecule has 0 unspecified atom stereocenters. The van der Waals surface area contributed by atoms with Crippen molar-refractivity contribution in [3.05, 3.63) is 33.8 Å². The van der Waals surface area contributed by atoms with Gasteiger partial charge in [0.05, 0.1) is 23.3 Å². The molecule has 0 aliphatic heterocycles. The van der Waals surface area contributed by atoms with E-state index in [1.54, 1.807) is 0 Å². The van der Waals surface area contributed by atoms with Gasteiger partial charge in [0.1, 0.15) is 0 Å². The predicted octanol–water partition coefficient (Wildman–Crippen LogP) is 4.04. The van der Waals surface area contributed by atoms with Crippen molar-refractivity contribution in [2.75, 3.05) is 7.11 Å². The van der Waals surface area contributed by atoms with Gasteiger partial charge in [-0.25, -0.2) is 4.79 Å². The van der Waals surface area contributed by atoms with Crippen molar-refractivity contribution in [3.63, 3.8) is 0 Å². The van der Waals surface area contributed by atoms with Gasteiger partial charge in [-0.2, -0.15) is 13.2 Å². The zero-order valence-electron chi connectivity index (χ0n) is 8.57. The predicted molar refractivity (Wildman–Crippen MR) is 60.4 cm³/mol. The standard InChI is InChI=1S/C10H7BrClF3O2/c1-17-9(16)5-2-3-7(10(13,14)15)6(4-11)8(5)12/h2-3H,4H2,1H3. The minimum absolute atomic E-state index is 0.0865. The van der Waals surface area contributed by atoms with E-state index in [0.29, 0.717) is 0 Å². The van der Waals surface area contributed by atoms with Crippen LogP contribution in [0, 0.1) is 0 Å². The molecule has 0 N–H and O–H groups in total. The number of hydrogen-bond donors (Lipinski definition) is 0. The van der Waals surface area contributed by atoms with Crippen LogP contribution in [0.1, 0.15) is 21.5 Å². The van der Waals surface area contributed by atoms with Gasteiger partial charge < -0.3 is 4.74 Å². The van der Waals surface area contributed by atoms with Gasteiger partial charge in [-0.3, -0.25) is 0 Å². The SMILES string of the molecule is COC(=O)c1ccc(C(F)(F)F)c(CBr)c1Cl. The summed E-state index contributed by atoms with van der Waals surface area (Å²) in [5.74, 6) is -0.772. The topological polar surface area (TPSA) is 26.3 Å². The van der Waals surface area contributed by atoms with Crippen LogP contribution in [0.15, 0.2) is 12.1 Å². The molecule has 0 fully saturated rings. The Morgan fingerprint density at radius 1 is 1.47 bits per heavy atom. The molecule has 2 nitrogen and oxygen atoms in total. The number of benzene rings is 1. The minimum atomic E-state index is -4.51. The third kappa shape index (κ3) is 2.93. The summed E-state index contributed by atoms with van der Waals surface area (Å²) < 4.78 is 42.3. The maximum atomic E-state index is 12.6. The first kappa shape index (κ1) is 14.3. The maximum Gasteiger partial charge on any atom is 0.416 e. The normalized spacial score (nSPS) is 11.4. The van der Waals surface area contributed by atoms with Gasteiger partial charge in [0.15, 0.2) is 0 Å². The van der Waals surface area contributed by atoms with Crippen LogP contribution < -0.4 is 0 Å². The van der Waals surface area contributed by atoms with E-state index in [9.17, 15) is 18.0 Å². The zero-order valence-corrected chi connectivity index (χ0v) is 10.9. The molecule has 0 aliphatic rings. The summed E-state index contributed by atoms with van der Waals surface area (Å²) in [6.45, 7) is 0. The molecule has 0 saturated heterocycles. The van der Waals surface area contributed by atoms with E-state index in [4.69, 9.17) is 11.6 Å². The highest BCUT2D eigenvalue weighted by atomic mass is 79.9. The molecule has 0 aliphatic carbocycles. The summed E-state index contributed by atoms with van der Waals surface area (Å²) in [5, 5.41) is -0.352. The van der Waals surface area contributed by atoms with Gasteiger partial charge >= 0.3 is 12.1 Å². The first-order valence-electron chi connectivity index (χ1n) is 4.35. The van der Waals surface area contributed by atoms with E-state index >= 15 is 0 Å². The number of alkyl halides is 4. The highest BCUT2D eigenvalue weighted by molar-refractivity contribution is 9.08. The van der Waals surface area contributed by atoms with E-state index in [-0.39, 0.29) is 21.5 Å². The summed E-state index contributed by atoms with van der Waals surface area (Å²) in [5.41, 5.74) is -1.13. The molecule has 1 rings (SSSR count). The van der Waals surface area contributed by atoms with E-state index < -0.39 is 17.7 Å². The smallest absolute Gasteiger partial charge is 0.416 e. The molecule has 0 bridgehead atoms. The molecule has 17 heavy (non-hydrogen) atoms. The summed E-state index contributed by atoms with van der Waals surface area (Å²) in [6, 6.07) is 1.82. The van der Waals surface area contributed by atoms with Crippen LogP contribution in [-0.4, -0.2) is 13.1 Å². The van der Waals surface area contributed by atoms with E-state index in [2.05, 4.69) is 20.7 Å². The Morgan fingerprint density at radius 2 is 2.06 bits per heavy atom. The third-order valence-electron chi connectivity index (χ3n) is 2.09. The van der Waals surface area contributed by atoms with Gasteiger partial charge in [-0.15, -0.1) is 0 Å². The molecule has 94 valence electrons. The molecular weight excluding hydrogens is 324 g/mol. The number of esters is 1. The Morgan fingerprint density at radius 3 is 2.47 bits per heavy atom. The molecule has 0 spiro atoms. The van der Waals surface area contributed by atoms with Crippen molar-refractivity contribution >= 4 is 33.5 Å². The molecule has 0 amide bonds. The van der Waals surface area contributed by atoms with Gasteiger partial charge in [0.2, 0.25) is 0 Å². The molecule has 0 heterocycles. The van der Waals surface area contributed by atoms with Crippen molar-refractivity contribution in [3.8, 4) is 0 Å². The number of carbonyl (C=O) groups excluding carboxylic acids is 1. The number of methoxy groups -OCH3 is 1. The molecule has 0 atom stereocenters. The van der Waals surface area contributed by atoms with Crippen LogP contribution in [0.5, 0.6) is 0 Å². The molecule has 0 radical (unpaired) electrons. The number of carbonyl (C=O) groups is 1. The monoisotopic (exact) mass is 330 g/mol. The largest absolute Gasteiger partial charge is 0.465 e. The average molecular weight is 332 g/mol. The highest BCUT2D eigenvalue weighted by Crippen LogP contribution is 2.37. The minimum Gasteiger partial charge on any atom is -0.465 e. The average Bonchev–Trinajstić information content (AvgIpc) is 2.26. The number of ether oxygens (including phenoxy) is 1. The lowest BCUT2D eigenvalue weighted by Crippen LogP contribution is -2.12. The molecule has 7 heteroatoms. The van der Waals surface area contributed by atoms with E-state index in [1.165, 1.54) is 0 Å². The van der Waals surface area contributed by atoms with Crippen molar-refractivity contribution in [1.29, 1.82) is 0 Å². The molecular formula is C10H7BrClF3O2. The van der Waals surface area contributed by atoms with Gasteiger partial charge in [-0.05, 0) is 17.7 Å². The fraction of sp³-hybridized carbons (Fsp3) is 0.300. The summed E-state index contributed by atoms with van der Waals surface area (Å²) in [7, 11) is 1.13. The first-order chi connectivity index (χ1) is 7.82. The highest BCUT2D eigenvalue weighted by Gasteiger charge is 2.35. The van der Waals surface area contributed by atoms with Crippen LogP contribution in [0.2, 0.25) is 5.02 Å². The molecule has 0 aromatic heterocycles. The summed E-state index contributed by atoms with van der Waals surface area (Å²) in [6.07, 6.45) is -4.51. The van der Waals surface area contributed by atoms with Crippen molar-refractivity contribution in [2.24, 2.45) is 0 Å². The number of halogens is 5. The maximum absolute atomic E-state index is 12.6. The lowest BCUT2D eigenvalue weighted by atomic mass is 10.0. The van der Waals surface area contributed by atoms with Crippen LogP contribution in [-0.2, 0) is 16.2 Å². The Labute approximate surface area is 109 Å². The van der Waals surface area contributed by atoms with Crippen LogP contribution in [0.25, 0.3) is 0 Å². The van der Waals surface area contributed by atoms with Crippen molar-refractivity contribution < 1.29 is 22.7 Å². The van der Waals surface area contributed by atoms with E-state index in [1.807, 2.05) is 0 Å². The zero-order chi connectivity index (χ0) is 13.2. The second kappa shape index (κ2) is 5.27. The molecule has 0 saturated carbocycles. The number of rotatable bonds is 2. The fourth-order valence-electron chi connectivity index (χ4n) is 1.29. The molecule has 1 aromatic carbocycles. The first-order valence-corrected chi connectivity index (χ1v) is 5.85. The summed E-state index contributed by atoms with van der Waals surface area (Å²) in [4.78, 5) is 11.3. The second-order valence-electron chi connectivity index (χ2n) is 3.08. The van der Waals surface area contributed by atoms with Crippen molar-refractivity contribution in [1.82, 2.24) is 0 Å². The Kier molecular flexibility index (Phi) is 4.43. The number of hydrogen-bond acceptors (Lipinski definition) is 2. The van der Waals surface area contributed by atoms with E-state index in [0.717, 1.165) is 19.2 Å². The Balaban J connectivity index is 3.43. The van der Waals surface area contributed by atoms with Gasteiger partial charge in [0.25, 0.3) is 0 Å². The van der Waals surface area contributed by atoms with Gasteiger partial charge in [-0.1, -0.05) is 27.5 Å². The van der Waals surface area contributed by atoms with Gasteiger partial charge in [0, 0.05) is 5.33 Å².